The number of aliphatic hydroxyl groups excluding tert-OH is 1. The first-order chi connectivity index (χ1) is 35.1. The molecule has 6 aromatic rings. The van der Waals surface area contributed by atoms with Crippen LogP contribution in [0.1, 0.15) is 51.5 Å². The van der Waals surface area contributed by atoms with Crippen molar-refractivity contribution >= 4 is 17.7 Å². The summed E-state index contributed by atoms with van der Waals surface area (Å²) in [7, 11) is 5.66. The molecule has 0 bridgehead atoms. The third kappa shape index (κ3) is 7.81. The molecular formula is C56H53NO15. The molecule has 2 aliphatic carbocycles. The molecule has 1 saturated carbocycles. The van der Waals surface area contributed by atoms with Gasteiger partial charge in [-0.2, -0.15) is 0 Å². The van der Waals surface area contributed by atoms with E-state index in [4.69, 9.17) is 52.1 Å². The number of hydrogen-bond donors (Lipinski definition) is 3. The minimum Gasteiger partial charge on any atom is -0.497 e. The smallest absolute Gasteiger partial charge is 0.411 e. The second kappa shape index (κ2) is 19.2. The van der Waals surface area contributed by atoms with Gasteiger partial charge in [0.2, 0.25) is 6.29 Å². The first-order valence-electron chi connectivity index (χ1n) is 23.6. The summed E-state index contributed by atoms with van der Waals surface area (Å²) in [5.74, 6) is -2.07. The zero-order chi connectivity index (χ0) is 49.7. The molecule has 0 aromatic heterocycles. The Morgan fingerprint density at radius 3 is 2.04 bits per heavy atom. The third-order valence-corrected chi connectivity index (χ3v) is 14.5. The largest absolute Gasteiger partial charge is 0.497 e. The summed E-state index contributed by atoms with van der Waals surface area (Å²) in [5.41, 5.74) is 2.92. The molecule has 6 aromatic carbocycles. The van der Waals surface area contributed by atoms with E-state index in [9.17, 15) is 19.8 Å². The number of benzene rings is 6. The van der Waals surface area contributed by atoms with Gasteiger partial charge in [-0.1, -0.05) is 103 Å². The van der Waals surface area contributed by atoms with Crippen LogP contribution in [0, 0.1) is 5.92 Å². The van der Waals surface area contributed by atoms with Gasteiger partial charge in [-0.25, -0.2) is 4.79 Å². The maximum atomic E-state index is 13.7. The first kappa shape index (κ1) is 47.3. The van der Waals surface area contributed by atoms with Crippen molar-refractivity contribution < 1.29 is 71.9 Å². The lowest BCUT2D eigenvalue weighted by atomic mass is 9.70. The summed E-state index contributed by atoms with van der Waals surface area (Å²) < 4.78 is 66.6. The highest BCUT2D eigenvalue weighted by atomic mass is 16.8. The van der Waals surface area contributed by atoms with Gasteiger partial charge in [0.1, 0.15) is 47.9 Å². The first-order valence-corrected chi connectivity index (χ1v) is 23.6. The van der Waals surface area contributed by atoms with Crippen molar-refractivity contribution in [3.05, 3.63) is 173 Å². The number of carbonyl (C=O) groups is 2. The van der Waals surface area contributed by atoms with E-state index >= 15 is 0 Å². The number of carbonyl (C=O) groups excluding carboxylic acids is 2. The monoisotopic (exact) mass is 979 g/mol. The van der Waals surface area contributed by atoms with E-state index in [1.165, 1.54) is 34.5 Å². The molecular weight excluding hydrogens is 927 g/mol. The average molecular weight is 980 g/mol. The van der Waals surface area contributed by atoms with Crippen LogP contribution < -0.4 is 24.3 Å². The lowest BCUT2D eigenvalue weighted by Crippen LogP contribution is -2.52. The number of aliphatic hydroxyl groups is 2. The lowest BCUT2D eigenvalue weighted by molar-refractivity contribution is -0.323. The van der Waals surface area contributed by atoms with Crippen LogP contribution in [0.5, 0.6) is 23.0 Å². The maximum absolute atomic E-state index is 13.7. The minimum absolute atomic E-state index is 0.0588. The number of nitrogens with one attached hydrogen (secondary N) is 1. The molecule has 1 unspecified atom stereocenters. The molecule has 10 atom stereocenters. The van der Waals surface area contributed by atoms with Crippen LogP contribution in [-0.2, 0) is 49.2 Å². The zero-order valence-corrected chi connectivity index (χ0v) is 39.8. The number of amides is 1. The molecule has 16 nitrogen and oxygen atoms in total. The molecule has 16 heteroatoms. The summed E-state index contributed by atoms with van der Waals surface area (Å²) in [6, 6.07) is 42.6. The van der Waals surface area contributed by atoms with E-state index in [0.717, 1.165) is 27.8 Å². The van der Waals surface area contributed by atoms with Gasteiger partial charge in [0.15, 0.2) is 17.5 Å². The third-order valence-electron chi connectivity index (χ3n) is 14.5. The van der Waals surface area contributed by atoms with Crippen LogP contribution in [0.25, 0.3) is 11.1 Å². The standard InChI is InChI=1S/C56H53NO15/c1-62-35-24-20-33(21-25-35)56-47(31-12-6-5-7-13-31)46(50(59)64-3)49(58)55(56,61)48-42(63-2)26-36(27-43(48)72-56)69-53-52(65-4)67-30-45(71-53)44-29-66-51(70-44)32-18-22-34(23-19-32)57-54(60)68-28-41-39-16-10-8-14-37(39)38-15-9-11-17-40(38)41/h5-27,41,44-47,49,51-53,58,61H,28-30H2,1-4H3,(H,57,60)/t44-,45-,46-,47-,49-,51?,52-,53-,55+,56+/m1/s1. The zero-order valence-electron chi connectivity index (χ0n) is 39.8. The number of hydrogen-bond acceptors (Lipinski definition) is 15. The van der Waals surface area contributed by atoms with Gasteiger partial charge in [0.05, 0.1) is 46.0 Å². The molecule has 0 spiro atoms. The molecule has 72 heavy (non-hydrogen) atoms. The highest BCUT2D eigenvalue weighted by molar-refractivity contribution is 5.85. The Balaban J connectivity index is 0.789. The molecule has 372 valence electrons. The Morgan fingerprint density at radius 1 is 0.708 bits per heavy atom. The van der Waals surface area contributed by atoms with Gasteiger partial charge in [0.25, 0.3) is 6.29 Å². The summed E-state index contributed by atoms with van der Waals surface area (Å²) in [6.07, 6.45) is -6.41. The predicted molar refractivity (Wildman–Crippen MR) is 258 cm³/mol. The van der Waals surface area contributed by atoms with Crippen molar-refractivity contribution in [1.82, 2.24) is 0 Å². The molecule has 5 aliphatic rings. The summed E-state index contributed by atoms with van der Waals surface area (Å²) in [5, 5.41) is 28.5. The Morgan fingerprint density at radius 2 is 1.38 bits per heavy atom. The number of fused-ring (bicyclic) bond motifs is 6. The summed E-state index contributed by atoms with van der Waals surface area (Å²) >= 11 is 0. The van der Waals surface area contributed by atoms with E-state index in [1.807, 2.05) is 54.6 Å². The number of ether oxygens (including phenoxy) is 11. The highest BCUT2D eigenvalue weighted by Gasteiger charge is 2.78. The molecule has 3 N–H and O–H groups in total. The number of esters is 1. The Hall–Kier alpha value is -7.02. The van der Waals surface area contributed by atoms with Gasteiger partial charge in [-0.3, -0.25) is 10.1 Å². The summed E-state index contributed by atoms with van der Waals surface area (Å²) in [4.78, 5) is 26.7. The van der Waals surface area contributed by atoms with E-state index < -0.39 is 72.3 Å². The van der Waals surface area contributed by atoms with Gasteiger partial charge < -0.3 is 62.3 Å². The fraction of sp³-hybridized carbons (Fsp3) is 0.321. The van der Waals surface area contributed by atoms with Crippen molar-refractivity contribution in [3.63, 3.8) is 0 Å². The van der Waals surface area contributed by atoms with Gasteiger partial charge >= 0.3 is 12.1 Å². The topological polar surface area (TPSA) is 188 Å². The van der Waals surface area contributed by atoms with E-state index in [1.54, 1.807) is 54.6 Å². The van der Waals surface area contributed by atoms with E-state index in [-0.39, 0.29) is 48.6 Å². The van der Waals surface area contributed by atoms with Gasteiger partial charge in [0, 0.05) is 42.3 Å². The van der Waals surface area contributed by atoms with Gasteiger partial charge in [-0.15, -0.1) is 0 Å². The Kier molecular flexibility index (Phi) is 12.6. The second-order valence-electron chi connectivity index (χ2n) is 18.2. The quantitative estimate of drug-likeness (QED) is 0.0955. The van der Waals surface area contributed by atoms with Crippen LogP contribution in [0.3, 0.4) is 0 Å². The number of rotatable bonds is 13. The van der Waals surface area contributed by atoms with Crippen LogP contribution in [0.4, 0.5) is 10.5 Å². The number of anilines is 1. The van der Waals surface area contributed by atoms with Crippen LogP contribution in [-0.4, -0.2) is 101 Å². The van der Waals surface area contributed by atoms with Crippen molar-refractivity contribution in [1.29, 1.82) is 0 Å². The molecule has 3 fully saturated rings. The molecule has 1 amide bonds. The van der Waals surface area contributed by atoms with Crippen molar-refractivity contribution in [3.8, 4) is 34.1 Å². The van der Waals surface area contributed by atoms with Gasteiger partial charge in [-0.05, 0) is 57.6 Å². The normalized spacial score (nSPS) is 27.9. The number of methoxy groups -OCH3 is 4. The fourth-order valence-corrected chi connectivity index (χ4v) is 11.3. The Bertz CT molecular complexity index is 2910. The predicted octanol–water partition coefficient (Wildman–Crippen LogP) is 7.69. The molecule has 0 radical (unpaired) electrons. The second-order valence-corrected chi connectivity index (χ2v) is 18.2. The maximum Gasteiger partial charge on any atom is 0.411 e. The van der Waals surface area contributed by atoms with Crippen molar-refractivity contribution in [2.75, 3.05) is 53.6 Å². The van der Waals surface area contributed by atoms with Crippen LogP contribution in [0.15, 0.2) is 140 Å². The lowest BCUT2D eigenvalue weighted by Gasteiger charge is -2.40. The molecule has 2 saturated heterocycles. The van der Waals surface area contributed by atoms with E-state index in [0.29, 0.717) is 22.6 Å². The average Bonchev–Trinajstić information content (AvgIpc) is 4.15. The highest BCUT2D eigenvalue weighted by Crippen LogP contribution is 2.70. The fourth-order valence-electron chi connectivity index (χ4n) is 11.3. The van der Waals surface area contributed by atoms with Crippen LogP contribution in [0.2, 0.25) is 0 Å². The molecule has 3 aliphatic heterocycles. The van der Waals surface area contributed by atoms with Crippen molar-refractivity contribution in [2.24, 2.45) is 5.92 Å². The summed E-state index contributed by atoms with van der Waals surface area (Å²) in [6.45, 7) is 0.461. The SMILES string of the molecule is COC(=O)[C@H]1[C@@H](O)[C@@]2(O)c3c(OC)cc(O[C@@H]4O[C@@H]([C@H]5COC(c6ccc(NC(=O)OCC7c8ccccc8-c8ccccc87)cc6)O5)CO[C@H]4OC)cc3O[C@@]2(c2ccc(OC)cc2)[C@@H]1c1ccccc1. The minimum atomic E-state index is -2.28. The molecule has 3 heterocycles. The van der Waals surface area contributed by atoms with Crippen LogP contribution >= 0.6 is 0 Å². The molecule has 11 rings (SSSR count). The Labute approximate surface area is 415 Å². The van der Waals surface area contributed by atoms with E-state index in [2.05, 4.69) is 29.6 Å². The van der Waals surface area contributed by atoms with Crippen molar-refractivity contribution in [2.45, 2.75) is 60.2 Å².